The second kappa shape index (κ2) is 11.4. The second-order valence-corrected chi connectivity index (χ2v) is 7.78. The number of methoxy groups -OCH3 is 1. The third-order valence-electron chi connectivity index (χ3n) is 5.18. The van der Waals surface area contributed by atoms with Crippen molar-refractivity contribution in [3.8, 4) is 5.75 Å². The fourth-order valence-corrected chi connectivity index (χ4v) is 3.96. The van der Waals surface area contributed by atoms with Gasteiger partial charge in [-0.1, -0.05) is 29.8 Å². The molecule has 1 aliphatic rings. The normalized spacial score (nSPS) is 17.9. The predicted molar refractivity (Wildman–Crippen MR) is 117 cm³/mol. The molecule has 2 aromatic carbocycles. The molecule has 2 aromatic rings. The molecule has 1 N–H and O–H groups in total. The van der Waals surface area contributed by atoms with Crippen LogP contribution in [0.1, 0.15) is 28.9 Å². The molecule has 0 radical (unpaired) electrons. The van der Waals surface area contributed by atoms with Gasteiger partial charge >= 0.3 is 0 Å². The van der Waals surface area contributed by atoms with Crippen LogP contribution in [0.15, 0.2) is 42.5 Å². The molecule has 2 atom stereocenters. The zero-order valence-corrected chi connectivity index (χ0v) is 18.5. The van der Waals surface area contributed by atoms with Gasteiger partial charge in [-0.25, -0.2) is 4.39 Å². The van der Waals surface area contributed by atoms with Crippen LogP contribution in [0.5, 0.6) is 5.75 Å². The van der Waals surface area contributed by atoms with Crippen molar-refractivity contribution in [3.63, 3.8) is 0 Å². The number of amides is 1. The van der Waals surface area contributed by atoms with Gasteiger partial charge in [0.05, 0.1) is 30.9 Å². The summed E-state index contributed by atoms with van der Waals surface area (Å²) in [5, 5.41) is 3.27. The number of nitrogens with one attached hydrogen (secondary N) is 1. The number of para-hydroxylation sites is 1. The molecule has 3 rings (SSSR count). The number of morpholine rings is 1. The number of rotatable bonds is 9. The minimum atomic E-state index is -0.425. The first-order valence-electron chi connectivity index (χ1n) is 10.3. The van der Waals surface area contributed by atoms with Gasteiger partial charge in [-0.3, -0.25) is 9.69 Å². The van der Waals surface area contributed by atoms with Crippen molar-refractivity contribution in [2.24, 2.45) is 0 Å². The van der Waals surface area contributed by atoms with Crippen molar-refractivity contribution in [1.82, 2.24) is 10.2 Å². The summed E-state index contributed by atoms with van der Waals surface area (Å²) >= 11 is 6.37. The van der Waals surface area contributed by atoms with Gasteiger partial charge in [0.25, 0.3) is 5.91 Å². The van der Waals surface area contributed by atoms with E-state index in [1.54, 1.807) is 43.5 Å². The summed E-state index contributed by atoms with van der Waals surface area (Å²) in [4.78, 5) is 15.1. The Labute approximate surface area is 187 Å². The number of halogens is 2. The van der Waals surface area contributed by atoms with Gasteiger partial charge in [0.15, 0.2) is 0 Å². The molecule has 1 amide bonds. The molecule has 168 valence electrons. The maximum Gasteiger partial charge on any atom is 0.255 e. The van der Waals surface area contributed by atoms with Crippen LogP contribution in [0.3, 0.4) is 0 Å². The number of benzene rings is 2. The van der Waals surface area contributed by atoms with Crippen LogP contribution < -0.4 is 10.1 Å². The molecule has 1 saturated heterocycles. The van der Waals surface area contributed by atoms with Crippen molar-refractivity contribution in [2.75, 3.05) is 46.6 Å². The van der Waals surface area contributed by atoms with Crippen molar-refractivity contribution in [2.45, 2.75) is 19.1 Å². The Balaban J connectivity index is 1.79. The summed E-state index contributed by atoms with van der Waals surface area (Å²) in [5.74, 6) is -0.224. The van der Waals surface area contributed by atoms with Crippen LogP contribution in [0, 0.1) is 5.82 Å². The highest BCUT2D eigenvalue weighted by Crippen LogP contribution is 2.31. The van der Waals surface area contributed by atoms with Gasteiger partial charge in [-0.15, -0.1) is 0 Å². The van der Waals surface area contributed by atoms with E-state index >= 15 is 0 Å². The molecular formula is C23H28ClFN2O4. The molecular weight excluding hydrogens is 423 g/mol. The largest absolute Gasteiger partial charge is 0.490 e. The average molecular weight is 451 g/mol. The van der Waals surface area contributed by atoms with E-state index in [2.05, 4.69) is 10.2 Å². The Bertz CT molecular complexity index is 862. The number of carbonyl (C=O) groups excluding carboxylic acids is 1. The Hall–Kier alpha value is -2.19. The molecule has 6 nitrogen and oxygen atoms in total. The molecule has 0 spiro atoms. The summed E-state index contributed by atoms with van der Waals surface area (Å²) in [6.07, 6.45) is 0.00686. The van der Waals surface area contributed by atoms with Crippen LogP contribution >= 0.6 is 11.6 Å². The molecule has 2 unspecified atom stereocenters. The Morgan fingerprint density at radius 2 is 2.10 bits per heavy atom. The highest BCUT2D eigenvalue weighted by molar-refractivity contribution is 6.31. The SMILES string of the molecule is COCCOc1ccccc1C(=O)NCC(c1c(F)cccc1Cl)N1CCOC(C)C1. The number of hydrogen-bond acceptors (Lipinski definition) is 5. The molecule has 0 aliphatic carbocycles. The van der Waals surface area contributed by atoms with Crippen molar-refractivity contribution >= 4 is 17.5 Å². The zero-order valence-electron chi connectivity index (χ0n) is 17.8. The molecule has 1 fully saturated rings. The third kappa shape index (κ3) is 6.17. The minimum Gasteiger partial charge on any atom is -0.490 e. The third-order valence-corrected chi connectivity index (χ3v) is 5.51. The van der Waals surface area contributed by atoms with Gasteiger partial charge in [-0.05, 0) is 31.2 Å². The Morgan fingerprint density at radius 1 is 1.29 bits per heavy atom. The second-order valence-electron chi connectivity index (χ2n) is 7.37. The van der Waals surface area contributed by atoms with E-state index in [1.807, 2.05) is 6.92 Å². The number of nitrogens with zero attached hydrogens (tertiary/aromatic N) is 1. The number of ether oxygens (including phenoxy) is 3. The fourth-order valence-electron chi connectivity index (χ4n) is 3.67. The van der Waals surface area contributed by atoms with Crippen LogP contribution in [0.4, 0.5) is 4.39 Å². The summed E-state index contributed by atoms with van der Waals surface area (Å²) in [5.41, 5.74) is 0.788. The summed E-state index contributed by atoms with van der Waals surface area (Å²) in [6.45, 7) is 4.68. The van der Waals surface area contributed by atoms with Gasteiger partial charge in [0, 0.05) is 37.3 Å². The van der Waals surface area contributed by atoms with Gasteiger partial charge in [-0.2, -0.15) is 0 Å². The van der Waals surface area contributed by atoms with Crippen LogP contribution in [0.2, 0.25) is 5.02 Å². The molecule has 1 aliphatic heterocycles. The highest BCUT2D eigenvalue weighted by atomic mass is 35.5. The molecule has 31 heavy (non-hydrogen) atoms. The van der Waals surface area contributed by atoms with E-state index in [9.17, 15) is 9.18 Å². The maximum atomic E-state index is 14.8. The van der Waals surface area contributed by atoms with Gasteiger partial charge < -0.3 is 19.5 Å². The van der Waals surface area contributed by atoms with E-state index in [-0.39, 0.29) is 18.6 Å². The summed E-state index contributed by atoms with van der Waals surface area (Å²) in [7, 11) is 1.59. The lowest BCUT2D eigenvalue weighted by atomic mass is 10.0. The van der Waals surface area contributed by atoms with Crippen LogP contribution in [-0.2, 0) is 9.47 Å². The molecule has 0 bridgehead atoms. The Morgan fingerprint density at radius 3 is 2.84 bits per heavy atom. The monoisotopic (exact) mass is 450 g/mol. The lowest BCUT2D eigenvalue weighted by Gasteiger charge is -2.38. The van der Waals surface area contributed by atoms with E-state index in [0.717, 1.165) is 0 Å². The molecule has 1 heterocycles. The van der Waals surface area contributed by atoms with Crippen molar-refractivity contribution in [3.05, 3.63) is 64.4 Å². The topological polar surface area (TPSA) is 60.0 Å². The quantitative estimate of drug-likeness (QED) is 0.590. The van der Waals surface area contributed by atoms with Crippen molar-refractivity contribution in [1.29, 1.82) is 0 Å². The predicted octanol–water partition coefficient (Wildman–Crippen LogP) is 3.70. The number of hydrogen-bond donors (Lipinski definition) is 1. The first-order chi connectivity index (χ1) is 15.0. The van der Waals surface area contributed by atoms with E-state index in [4.69, 9.17) is 25.8 Å². The van der Waals surface area contributed by atoms with Crippen LogP contribution in [0.25, 0.3) is 0 Å². The summed E-state index contributed by atoms with van der Waals surface area (Å²) < 4.78 is 31.0. The van der Waals surface area contributed by atoms with Gasteiger partial charge in [0.2, 0.25) is 0 Å². The zero-order chi connectivity index (χ0) is 22.2. The molecule has 8 heteroatoms. The fraction of sp³-hybridized carbons (Fsp3) is 0.435. The Kier molecular flexibility index (Phi) is 8.66. The highest BCUT2D eigenvalue weighted by Gasteiger charge is 2.30. The first kappa shape index (κ1) is 23.5. The lowest BCUT2D eigenvalue weighted by Crippen LogP contribution is -2.47. The summed E-state index contributed by atoms with van der Waals surface area (Å²) in [6, 6.07) is 11.2. The standard InChI is InChI=1S/C23H28ClFN2O4/c1-16-15-27(10-11-30-16)20(22-18(24)7-5-8-19(22)25)14-26-23(28)17-6-3-4-9-21(17)31-13-12-29-2/h3-9,16,20H,10-15H2,1-2H3,(H,26,28). The van der Waals surface area contributed by atoms with E-state index < -0.39 is 11.9 Å². The maximum absolute atomic E-state index is 14.8. The van der Waals surface area contributed by atoms with E-state index in [1.165, 1.54) is 6.07 Å². The smallest absolute Gasteiger partial charge is 0.255 e. The lowest BCUT2D eigenvalue weighted by molar-refractivity contribution is -0.0346. The molecule has 0 aromatic heterocycles. The van der Waals surface area contributed by atoms with Crippen LogP contribution in [-0.4, -0.2) is 63.5 Å². The first-order valence-corrected chi connectivity index (χ1v) is 10.7. The van der Waals surface area contributed by atoms with Crippen molar-refractivity contribution < 1.29 is 23.4 Å². The van der Waals surface area contributed by atoms with Gasteiger partial charge in [0.1, 0.15) is 18.2 Å². The minimum absolute atomic E-state index is 0.00686. The van der Waals surface area contributed by atoms with E-state index in [0.29, 0.717) is 54.8 Å². The molecule has 0 saturated carbocycles. The number of carbonyl (C=O) groups is 1. The average Bonchev–Trinajstić information content (AvgIpc) is 2.76.